The van der Waals surface area contributed by atoms with Gasteiger partial charge >= 0.3 is 0 Å². The molecule has 1 aromatic rings. The average molecular weight is 385 g/mol. The van der Waals surface area contributed by atoms with E-state index in [1.165, 1.54) is 0 Å². The van der Waals surface area contributed by atoms with E-state index in [4.69, 9.17) is 23.2 Å². The van der Waals surface area contributed by atoms with Crippen LogP contribution in [-0.2, 0) is 4.79 Å². The molecule has 2 aliphatic heterocycles. The number of hydrogen-bond donors (Lipinski definition) is 1. The first kappa shape index (κ1) is 18.8. The molecule has 0 aromatic heterocycles. The van der Waals surface area contributed by atoms with E-state index in [0.717, 1.165) is 38.4 Å². The molecule has 0 saturated carbocycles. The van der Waals surface area contributed by atoms with Gasteiger partial charge in [-0.15, -0.1) is 0 Å². The lowest BCUT2D eigenvalue weighted by atomic mass is 10.1. The molecule has 1 N–H and O–H groups in total. The maximum atomic E-state index is 12.9. The summed E-state index contributed by atoms with van der Waals surface area (Å²) < 4.78 is 0. The molecule has 1 aromatic carbocycles. The number of benzene rings is 1. The van der Waals surface area contributed by atoms with E-state index in [1.807, 2.05) is 17.0 Å². The van der Waals surface area contributed by atoms with E-state index in [-0.39, 0.29) is 11.9 Å². The Morgan fingerprint density at radius 3 is 2.56 bits per heavy atom. The lowest BCUT2D eigenvalue weighted by molar-refractivity contribution is -0.135. The number of carbonyl (C=O) groups excluding carboxylic acids is 1. The van der Waals surface area contributed by atoms with Gasteiger partial charge in [-0.25, -0.2) is 0 Å². The molecule has 7 heteroatoms. The van der Waals surface area contributed by atoms with E-state index in [9.17, 15) is 4.79 Å². The number of anilines is 1. The van der Waals surface area contributed by atoms with Crippen LogP contribution in [0.3, 0.4) is 0 Å². The summed E-state index contributed by atoms with van der Waals surface area (Å²) in [5, 5.41) is 4.53. The summed E-state index contributed by atoms with van der Waals surface area (Å²) in [4.78, 5) is 19.4. The molecule has 2 saturated heterocycles. The van der Waals surface area contributed by atoms with Crippen molar-refractivity contribution in [3.8, 4) is 0 Å². The normalized spacial score (nSPS) is 22.5. The number of nitrogens with zero attached hydrogens (tertiary/aromatic N) is 3. The van der Waals surface area contributed by atoms with Crippen molar-refractivity contribution in [1.82, 2.24) is 15.1 Å². The molecule has 2 heterocycles. The van der Waals surface area contributed by atoms with Gasteiger partial charge in [0, 0.05) is 51.9 Å². The lowest BCUT2D eigenvalue weighted by Crippen LogP contribution is -2.61. The fourth-order valence-electron chi connectivity index (χ4n) is 3.53. The Labute approximate surface area is 159 Å². The van der Waals surface area contributed by atoms with Crippen molar-refractivity contribution in [2.24, 2.45) is 0 Å². The third-order valence-electron chi connectivity index (χ3n) is 5.10. The molecule has 5 nitrogen and oxygen atoms in total. The Balaban J connectivity index is 1.58. The van der Waals surface area contributed by atoms with Gasteiger partial charge in [-0.2, -0.15) is 0 Å². The molecular formula is C18H26Cl2N4O. The van der Waals surface area contributed by atoms with Crippen molar-refractivity contribution in [1.29, 1.82) is 0 Å². The van der Waals surface area contributed by atoms with Crippen LogP contribution < -0.4 is 10.2 Å². The van der Waals surface area contributed by atoms with Gasteiger partial charge in [0.15, 0.2) is 0 Å². The predicted octanol–water partition coefficient (Wildman–Crippen LogP) is 2.32. The maximum absolute atomic E-state index is 12.9. The molecule has 3 rings (SSSR count). The number of nitrogens with one attached hydrogen (secondary N) is 1. The van der Waals surface area contributed by atoms with Crippen LogP contribution in [0.25, 0.3) is 0 Å². The monoisotopic (exact) mass is 384 g/mol. The maximum Gasteiger partial charge on any atom is 0.241 e. The van der Waals surface area contributed by atoms with Gasteiger partial charge in [0.25, 0.3) is 0 Å². The summed E-state index contributed by atoms with van der Waals surface area (Å²) in [5.41, 5.74) is 0.947. The van der Waals surface area contributed by atoms with Crippen molar-refractivity contribution < 1.29 is 4.79 Å². The van der Waals surface area contributed by atoms with E-state index in [2.05, 4.69) is 29.0 Å². The molecule has 0 bridgehead atoms. The van der Waals surface area contributed by atoms with Crippen LogP contribution in [0.4, 0.5) is 5.69 Å². The predicted molar refractivity (Wildman–Crippen MR) is 104 cm³/mol. The molecule has 1 amide bonds. The molecule has 138 valence electrons. The van der Waals surface area contributed by atoms with E-state index < -0.39 is 0 Å². The number of piperazine rings is 2. The number of carbonyl (C=O) groups is 1. The second kappa shape index (κ2) is 8.12. The van der Waals surface area contributed by atoms with E-state index in [0.29, 0.717) is 29.2 Å². The number of amides is 1. The second-order valence-electron chi connectivity index (χ2n) is 6.98. The van der Waals surface area contributed by atoms with Gasteiger partial charge in [-0.05, 0) is 26.0 Å². The Morgan fingerprint density at radius 1 is 1.16 bits per heavy atom. The smallest absolute Gasteiger partial charge is 0.241 e. The minimum atomic E-state index is -0.0996. The molecule has 0 radical (unpaired) electrons. The molecule has 1 atom stereocenters. The van der Waals surface area contributed by atoms with Crippen LogP contribution in [0.15, 0.2) is 18.2 Å². The average Bonchev–Trinajstić information content (AvgIpc) is 2.63. The molecule has 2 aliphatic rings. The highest BCUT2D eigenvalue weighted by atomic mass is 35.5. The van der Waals surface area contributed by atoms with Crippen molar-refractivity contribution in [3.63, 3.8) is 0 Å². The summed E-state index contributed by atoms with van der Waals surface area (Å²) in [6.07, 6.45) is 0. The molecule has 0 unspecified atom stereocenters. The zero-order valence-electron chi connectivity index (χ0n) is 14.8. The summed E-state index contributed by atoms with van der Waals surface area (Å²) in [6.45, 7) is 9.98. The third-order valence-corrected chi connectivity index (χ3v) is 5.91. The van der Waals surface area contributed by atoms with Gasteiger partial charge in [-0.1, -0.05) is 29.3 Å². The second-order valence-corrected chi connectivity index (χ2v) is 7.77. The lowest BCUT2D eigenvalue weighted by Gasteiger charge is -2.41. The SMILES string of the molecule is CC(C)N1CCN[C@@H](C(=O)N2CCN(c3cccc(Cl)c3Cl)CC2)C1. The highest BCUT2D eigenvalue weighted by Gasteiger charge is 2.31. The summed E-state index contributed by atoms with van der Waals surface area (Å²) in [6, 6.07) is 6.06. The molecular weight excluding hydrogens is 359 g/mol. The summed E-state index contributed by atoms with van der Waals surface area (Å²) in [5.74, 6) is 0.210. The standard InChI is InChI=1S/C18H26Cl2N4O/c1-13(2)24-7-6-21-15(12-24)18(25)23-10-8-22(9-11-23)16-5-3-4-14(19)17(16)20/h3-5,13,15,21H,6-12H2,1-2H3/t15-/m1/s1. The highest BCUT2D eigenvalue weighted by Crippen LogP contribution is 2.32. The van der Waals surface area contributed by atoms with Gasteiger partial charge < -0.3 is 15.1 Å². The number of halogens is 2. The van der Waals surface area contributed by atoms with Crippen LogP contribution in [0.5, 0.6) is 0 Å². The topological polar surface area (TPSA) is 38.8 Å². The van der Waals surface area contributed by atoms with E-state index in [1.54, 1.807) is 6.07 Å². The minimum absolute atomic E-state index is 0.0996. The Hall–Kier alpha value is -1.01. The summed E-state index contributed by atoms with van der Waals surface area (Å²) in [7, 11) is 0. The van der Waals surface area contributed by atoms with Crippen LogP contribution in [0, 0.1) is 0 Å². The molecule has 2 fully saturated rings. The fraction of sp³-hybridized carbons (Fsp3) is 0.611. The van der Waals surface area contributed by atoms with Crippen molar-refractivity contribution >= 4 is 34.8 Å². The molecule has 0 spiro atoms. The van der Waals surface area contributed by atoms with Crippen molar-refractivity contribution in [3.05, 3.63) is 28.2 Å². The quantitative estimate of drug-likeness (QED) is 0.867. The van der Waals surface area contributed by atoms with Gasteiger partial charge in [0.1, 0.15) is 0 Å². The zero-order chi connectivity index (χ0) is 18.0. The Morgan fingerprint density at radius 2 is 1.88 bits per heavy atom. The van der Waals surface area contributed by atoms with Gasteiger partial charge in [0.2, 0.25) is 5.91 Å². The first-order valence-electron chi connectivity index (χ1n) is 8.92. The highest BCUT2D eigenvalue weighted by molar-refractivity contribution is 6.43. The molecule has 0 aliphatic carbocycles. The number of hydrogen-bond acceptors (Lipinski definition) is 4. The Bertz CT molecular complexity index is 617. The first-order chi connectivity index (χ1) is 12.0. The van der Waals surface area contributed by atoms with Crippen LogP contribution in [-0.4, -0.2) is 73.6 Å². The zero-order valence-corrected chi connectivity index (χ0v) is 16.4. The van der Waals surface area contributed by atoms with Crippen molar-refractivity contribution in [2.45, 2.75) is 25.9 Å². The molecule has 25 heavy (non-hydrogen) atoms. The largest absolute Gasteiger partial charge is 0.367 e. The Kier molecular flexibility index (Phi) is 6.10. The first-order valence-corrected chi connectivity index (χ1v) is 9.68. The van der Waals surface area contributed by atoms with Crippen LogP contribution >= 0.6 is 23.2 Å². The van der Waals surface area contributed by atoms with Crippen molar-refractivity contribution in [2.75, 3.05) is 50.7 Å². The van der Waals surface area contributed by atoms with Gasteiger partial charge in [0.05, 0.1) is 21.8 Å². The number of rotatable bonds is 3. The van der Waals surface area contributed by atoms with E-state index >= 15 is 0 Å². The van der Waals surface area contributed by atoms with Gasteiger partial charge in [-0.3, -0.25) is 9.69 Å². The summed E-state index contributed by atoms with van der Waals surface area (Å²) >= 11 is 12.4. The van der Waals surface area contributed by atoms with Crippen LogP contribution in [0.1, 0.15) is 13.8 Å². The van der Waals surface area contributed by atoms with Crippen LogP contribution in [0.2, 0.25) is 10.0 Å². The third kappa shape index (κ3) is 4.22. The fourth-order valence-corrected chi connectivity index (χ4v) is 3.95. The minimum Gasteiger partial charge on any atom is -0.367 e.